The quantitative estimate of drug-likeness (QED) is 0.277. The number of aromatic nitrogens is 1. The number of nitrogens with one attached hydrogen (secondary N) is 1. The number of anilines is 1. The minimum atomic E-state index is -0.454. The summed E-state index contributed by atoms with van der Waals surface area (Å²) in [5, 5.41) is 15.7. The number of hydrazone groups is 1. The van der Waals surface area contributed by atoms with Crippen molar-refractivity contribution in [1.82, 2.24) is 9.99 Å². The minimum absolute atomic E-state index is 0.00495. The summed E-state index contributed by atoms with van der Waals surface area (Å²) in [6.07, 6.45) is 3.50. The summed E-state index contributed by atoms with van der Waals surface area (Å²) < 4.78 is 2.77. The lowest BCUT2D eigenvalue weighted by Crippen LogP contribution is -2.16. The third-order valence-electron chi connectivity index (χ3n) is 4.72. The summed E-state index contributed by atoms with van der Waals surface area (Å²) in [7, 11) is 3.98. The van der Waals surface area contributed by atoms with Crippen molar-refractivity contribution in [2.45, 2.75) is 0 Å². The highest BCUT2D eigenvalue weighted by atomic mass is 32.1. The second-order valence-corrected chi connectivity index (χ2v) is 8.09. The van der Waals surface area contributed by atoms with Gasteiger partial charge in [-0.2, -0.15) is 5.10 Å². The maximum atomic E-state index is 12.5. The number of hydrogen-bond donors (Lipinski definition) is 1. The Morgan fingerprint density at radius 2 is 1.94 bits per heavy atom. The van der Waals surface area contributed by atoms with E-state index in [1.807, 2.05) is 66.2 Å². The summed E-state index contributed by atoms with van der Waals surface area (Å²) in [6.45, 7) is 0. The van der Waals surface area contributed by atoms with Crippen molar-refractivity contribution < 1.29 is 9.72 Å². The highest BCUT2D eigenvalue weighted by molar-refractivity contribution is 7.20. The van der Waals surface area contributed by atoms with Gasteiger partial charge >= 0.3 is 0 Å². The lowest BCUT2D eigenvalue weighted by Gasteiger charge is -2.13. The number of fused-ring (bicyclic) bond motifs is 1. The van der Waals surface area contributed by atoms with E-state index in [-0.39, 0.29) is 11.6 Å². The van der Waals surface area contributed by atoms with E-state index < -0.39 is 4.92 Å². The number of rotatable bonds is 6. The van der Waals surface area contributed by atoms with E-state index >= 15 is 0 Å². The second kappa shape index (κ2) is 8.41. The SMILES string of the molecule is CN(C)c1ccc(-n2cccc2/C=N\NC(=O)c2cc3cc([N+](=O)[O-])ccc3s2)cc1. The van der Waals surface area contributed by atoms with Crippen LogP contribution in [0.3, 0.4) is 0 Å². The van der Waals surface area contributed by atoms with Gasteiger partial charge in [0.05, 0.1) is 21.7 Å². The molecular formula is C22H19N5O3S. The van der Waals surface area contributed by atoms with Crippen molar-refractivity contribution >= 4 is 44.9 Å². The largest absolute Gasteiger partial charge is 0.378 e. The van der Waals surface area contributed by atoms with Gasteiger partial charge in [-0.15, -0.1) is 11.3 Å². The van der Waals surface area contributed by atoms with Crippen LogP contribution in [-0.4, -0.2) is 35.7 Å². The Bertz CT molecular complexity index is 1290. The van der Waals surface area contributed by atoms with Crippen molar-refractivity contribution in [1.29, 1.82) is 0 Å². The number of benzene rings is 2. The summed E-state index contributed by atoms with van der Waals surface area (Å²) in [6, 6.07) is 18.1. The molecule has 8 nitrogen and oxygen atoms in total. The molecule has 0 saturated carbocycles. The van der Waals surface area contributed by atoms with Crippen molar-refractivity contribution in [3.8, 4) is 5.69 Å². The average molecular weight is 433 g/mol. The molecular weight excluding hydrogens is 414 g/mol. The molecule has 4 rings (SSSR count). The number of nitrogens with zero attached hydrogens (tertiary/aromatic N) is 4. The molecule has 0 spiro atoms. The fourth-order valence-electron chi connectivity index (χ4n) is 3.11. The van der Waals surface area contributed by atoms with Crippen LogP contribution in [0.1, 0.15) is 15.4 Å². The van der Waals surface area contributed by atoms with Gasteiger partial charge in [0, 0.05) is 53.9 Å². The van der Waals surface area contributed by atoms with Gasteiger partial charge in [-0.1, -0.05) is 0 Å². The van der Waals surface area contributed by atoms with Crippen LogP contribution >= 0.6 is 11.3 Å². The first kappa shape index (κ1) is 20.3. The number of nitro benzene ring substituents is 1. The Kier molecular flexibility index (Phi) is 5.50. The van der Waals surface area contributed by atoms with Crippen LogP contribution in [0, 0.1) is 10.1 Å². The van der Waals surface area contributed by atoms with Gasteiger partial charge in [-0.05, 0) is 48.5 Å². The van der Waals surface area contributed by atoms with Gasteiger partial charge < -0.3 is 9.47 Å². The van der Waals surface area contributed by atoms with Gasteiger partial charge in [0.15, 0.2) is 0 Å². The molecule has 0 saturated heterocycles. The fraction of sp³-hybridized carbons (Fsp3) is 0.0909. The van der Waals surface area contributed by atoms with Crippen molar-refractivity contribution in [2.75, 3.05) is 19.0 Å². The maximum absolute atomic E-state index is 12.5. The van der Waals surface area contributed by atoms with Crippen LogP contribution in [-0.2, 0) is 0 Å². The first-order valence-electron chi connectivity index (χ1n) is 9.39. The first-order valence-corrected chi connectivity index (χ1v) is 10.2. The van der Waals surface area contributed by atoms with Crippen molar-refractivity contribution in [3.05, 3.63) is 87.5 Å². The van der Waals surface area contributed by atoms with E-state index in [1.165, 1.54) is 23.5 Å². The van der Waals surface area contributed by atoms with E-state index in [4.69, 9.17) is 0 Å². The predicted octanol–water partition coefficient (Wildman–Crippen LogP) is 4.43. The number of carbonyl (C=O) groups is 1. The lowest BCUT2D eigenvalue weighted by atomic mass is 10.2. The van der Waals surface area contributed by atoms with Crippen LogP contribution in [0.4, 0.5) is 11.4 Å². The van der Waals surface area contributed by atoms with Gasteiger partial charge in [0.1, 0.15) is 0 Å². The fourth-order valence-corrected chi connectivity index (χ4v) is 4.05. The Morgan fingerprint density at radius 3 is 2.65 bits per heavy atom. The standard InChI is InChI=1S/C22H19N5O3S/c1-25(2)16-5-7-17(8-6-16)26-11-3-4-19(26)14-23-24-22(28)21-13-15-12-18(27(29)30)9-10-20(15)31-21/h3-14H,1-2H3,(H,24,28)/b23-14-. The van der Waals surface area contributed by atoms with Gasteiger partial charge in [0.25, 0.3) is 11.6 Å². The number of hydrogen-bond acceptors (Lipinski definition) is 6. The summed E-state index contributed by atoms with van der Waals surface area (Å²) in [5.74, 6) is -0.367. The second-order valence-electron chi connectivity index (χ2n) is 7.00. The molecule has 0 radical (unpaired) electrons. The first-order chi connectivity index (χ1) is 14.9. The molecule has 0 aliphatic rings. The lowest BCUT2D eigenvalue weighted by molar-refractivity contribution is -0.384. The Balaban J connectivity index is 1.48. The molecule has 156 valence electrons. The normalized spacial score (nSPS) is 11.2. The summed E-state index contributed by atoms with van der Waals surface area (Å²) >= 11 is 1.26. The highest BCUT2D eigenvalue weighted by Gasteiger charge is 2.13. The van der Waals surface area contributed by atoms with Crippen LogP contribution in [0.2, 0.25) is 0 Å². The summed E-state index contributed by atoms with van der Waals surface area (Å²) in [4.78, 5) is 25.4. The maximum Gasteiger partial charge on any atom is 0.281 e. The molecule has 2 aromatic heterocycles. The van der Waals surface area contributed by atoms with E-state index in [2.05, 4.69) is 10.5 Å². The predicted molar refractivity (Wildman–Crippen MR) is 124 cm³/mol. The molecule has 0 aliphatic carbocycles. The van der Waals surface area contributed by atoms with Crippen molar-refractivity contribution in [3.63, 3.8) is 0 Å². The molecule has 2 aromatic carbocycles. The van der Waals surface area contributed by atoms with E-state index in [1.54, 1.807) is 18.3 Å². The molecule has 0 fully saturated rings. The molecule has 0 aliphatic heterocycles. The number of non-ortho nitro benzene ring substituents is 1. The monoisotopic (exact) mass is 433 g/mol. The van der Waals surface area contributed by atoms with Gasteiger partial charge in [0.2, 0.25) is 0 Å². The topological polar surface area (TPSA) is 92.8 Å². The molecule has 0 atom stereocenters. The summed E-state index contributed by atoms with van der Waals surface area (Å²) in [5.41, 5.74) is 5.42. The zero-order chi connectivity index (χ0) is 22.0. The third-order valence-corrected chi connectivity index (χ3v) is 5.84. The van der Waals surface area contributed by atoms with E-state index in [0.29, 0.717) is 10.3 Å². The van der Waals surface area contributed by atoms with E-state index in [0.717, 1.165) is 21.8 Å². The average Bonchev–Trinajstić information content (AvgIpc) is 3.40. The minimum Gasteiger partial charge on any atom is -0.378 e. The zero-order valence-electron chi connectivity index (χ0n) is 16.9. The zero-order valence-corrected chi connectivity index (χ0v) is 17.7. The molecule has 1 N–H and O–H groups in total. The third kappa shape index (κ3) is 4.31. The smallest absolute Gasteiger partial charge is 0.281 e. The molecule has 0 unspecified atom stereocenters. The Morgan fingerprint density at radius 1 is 1.16 bits per heavy atom. The molecule has 4 aromatic rings. The van der Waals surface area contributed by atoms with Crippen LogP contribution in [0.25, 0.3) is 15.8 Å². The van der Waals surface area contributed by atoms with Crippen LogP contribution in [0.15, 0.2) is 72.0 Å². The molecule has 31 heavy (non-hydrogen) atoms. The molecule has 9 heteroatoms. The number of carbonyl (C=O) groups excluding carboxylic acids is 1. The Labute approximate surface area is 182 Å². The number of thiophene rings is 1. The highest BCUT2D eigenvalue weighted by Crippen LogP contribution is 2.28. The van der Waals surface area contributed by atoms with Crippen LogP contribution in [0.5, 0.6) is 0 Å². The van der Waals surface area contributed by atoms with Crippen LogP contribution < -0.4 is 10.3 Å². The van der Waals surface area contributed by atoms with Gasteiger partial charge in [-0.25, -0.2) is 5.43 Å². The van der Waals surface area contributed by atoms with Crippen molar-refractivity contribution in [2.24, 2.45) is 5.10 Å². The molecule has 2 heterocycles. The number of amides is 1. The van der Waals surface area contributed by atoms with Gasteiger partial charge in [-0.3, -0.25) is 14.9 Å². The Hall–Kier alpha value is -3.98. The van der Waals surface area contributed by atoms with E-state index in [9.17, 15) is 14.9 Å². The molecule has 0 bridgehead atoms. The number of nitro groups is 1. The molecule has 1 amide bonds.